The first-order valence-corrected chi connectivity index (χ1v) is 11.8. The predicted octanol–water partition coefficient (Wildman–Crippen LogP) is 4.83. The van der Waals surface area contributed by atoms with Crippen molar-refractivity contribution in [3.05, 3.63) is 60.3 Å². The highest BCUT2D eigenvalue weighted by Gasteiger charge is 2.27. The molecule has 8 nitrogen and oxygen atoms in total. The predicted molar refractivity (Wildman–Crippen MR) is 136 cm³/mol. The SMILES string of the molecule is COc1cc(-c2cc3nccc(-c4cccc(C(=O)NC5CCC[C@H]5O)c4)c3o2)cc(OC)c1OC. The highest BCUT2D eigenvalue weighted by molar-refractivity contribution is 5.98. The fourth-order valence-corrected chi connectivity index (χ4v) is 4.72. The second kappa shape index (κ2) is 9.91. The lowest BCUT2D eigenvalue weighted by molar-refractivity contribution is 0.0873. The van der Waals surface area contributed by atoms with Gasteiger partial charge in [0.1, 0.15) is 11.3 Å². The van der Waals surface area contributed by atoms with Crippen LogP contribution in [0, 0.1) is 0 Å². The molecule has 2 aromatic heterocycles. The molecular formula is C28H28N2O6. The molecule has 2 N–H and O–H groups in total. The van der Waals surface area contributed by atoms with Crippen LogP contribution in [0.25, 0.3) is 33.6 Å². The van der Waals surface area contributed by atoms with Gasteiger partial charge in [-0.2, -0.15) is 0 Å². The van der Waals surface area contributed by atoms with E-state index >= 15 is 0 Å². The number of carbonyl (C=O) groups is 1. The van der Waals surface area contributed by atoms with Crippen LogP contribution < -0.4 is 19.5 Å². The summed E-state index contributed by atoms with van der Waals surface area (Å²) in [5.41, 5.74) is 4.19. The summed E-state index contributed by atoms with van der Waals surface area (Å²) in [6, 6.07) is 14.5. The van der Waals surface area contributed by atoms with Gasteiger partial charge in [0.2, 0.25) is 5.75 Å². The smallest absolute Gasteiger partial charge is 0.251 e. The summed E-state index contributed by atoms with van der Waals surface area (Å²) in [4.78, 5) is 17.3. The largest absolute Gasteiger partial charge is 0.493 e. The number of aliphatic hydroxyl groups excluding tert-OH is 1. The highest BCUT2D eigenvalue weighted by atomic mass is 16.5. The first-order valence-electron chi connectivity index (χ1n) is 11.8. The van der Waals surface area contributed by atoms with Gasteiger partial charge in [0, 0.05) is 29.0 Å². The Labute approximate surface area is 208 Å². The van der Waals surface area contributed by atoms with Crippen molar-refractivity contribution in [1.29, 1.82) is 0 Å². The number of nitrogens with one attached hydrogen (secondary N) is 1. The summed E-state index contributed by atoms with van der Waals surface area (Å²) >= 11 is 0. The zero-order chi connectivity index (χ0) is 25.2. The van der Waals surface area contributed by atoms with E-state index in [9.17, 15) is 9.90 Å². The molecule has 0 spiro atoms. The van der Waals surface area contributed by atoms with E-state index in [4.69, 9.17) is 18.6 Å². The van der Waals surface area contributed by atoms with E-state index in [0.29, 0.717) is 46.1 Å². The molecule has 0 aliphatic heterocycles. The normalized spacial score (nSPS) is 17.2. The molecule has 1 saturated carbocycles. The second-order valence-electron chi connectivity index (χ2n) is 8.76. The number of pyridine rings is 1. The Morgan fingerprint density at radius 3 is 2.44 bits per heavy atom. The Balaban J connectivity index is 1.51. The number of carbonyl (C=O) groups excluding carboxylic acids is 1. The van der Waals surface area contributed by atoms with Crippen LogP contribution in [0.15, 0.2) is 59.1 Å². The average molecular weight is 489 g/mol. The Bertz CT molecular complexity index is 1390. The van der Waals surface area contributed by atoms with Crippen molar-refractivity contribution in [3.63, 3.8) is 0 Å². The quantitative estimate of drug-likeness (QED) is 0.384. The minimum absolute atomic E-state index is 0.203. The lowest BCUT2D eigenvalue weighted by Crippen LogP contribution is -2.39. The molecular weight excluding hydrogens is 460 g/mol. The fourth-order valence-electron chi connectivity index (χ4n) is 4.72. The van der Waals surface area contributed by atoms with Crippen LogP contribution in [-0.2, 0) is 0 Å². The van der Waals surface area contributed by atoms with E-state index in [1.54, 1.807) is 33.6 Å². The molecule has 5 rings (SSSR count). The van der Waals surface area contributed by atoms with Gasteiger partial charge in [-0.05, 0) is 55.2 Å². The molecule has 36 heavy (non-hydrogen) atoms. The van der Waals surface area contributed by atoms with Crippen LogP contribution >= 0.6 is 0 Å². The van der Waals surface area contributed by atoms with E-state index < -0.39 is 6.10 Å². The number of benzene rings is 2. The van der Waals surface area contributed by atoms with Gasteiger partial charge >= 0.3 is 0 Å². The van der Waals surface area contributed by atoms with Gasteiger partial charge in [-0.25, -0.2) is 0 Å². The molecule has 1 aliphatic rings. The van der Waals surface area contributed by atoms with Gasteiger partial charge in [0.25, 0.3) is 5.91 Å². The second-order valence-corrected chi connectivity index (χ2v) is 8.76. The zero-order valence-corrected chi connectivity index (χ0v) is 20.4. The zero-order valence-electron chi connectivity index (χ0n) is 20.4. The van der Waals surface area contributed by atoms with Crippen molar-refractivity contribution < 1.29 is 28.5 Å². The monoisotopic (exact) mass is 488 g/mol. The van der Waals surface area contributed by atoms with Gasteiger partial charge in [0.15, 0.2) is 17.1 Å². The summed E-state index contributed by atoms with van der Waals surface area (Å²) in [5.74, 6) is 1.93. The molecule has 186 valence electrons. The number of aliphatic hydroxyl groups is 1. The standard InChI is InChI=1S/C28H28N2O6/c1-33-24-13-18(14-25(34-2)27(24)35-3)23-15-21-26(36-23)19(10-11-29-21)16-6-4-7-17(12-16)28(32)30-20-8-5-9-22(20)31/h4,6-7,10-15,20,22,31H,5,8-9H2,1-3H3,(H,30,32)/t20?,22-/m1/s1. The molecule has 8 heteroatoms. The third-order valence-electron chi connectivity index (χ3n) is 6.59. The van der Waals surface area contributed by atoms with Crippen LogP contribution in [-0.4, -0.2) is 49.5 Å². The van der Waals surface area contributed by atoms with E-state index in [2.05, 4.69) is 10.3 Å². The number of methoxy groups -OCH3 is 3. The van der Waals surface area contributed by atoms with Gasteiger partial charge in [-0.15, -0.1) is 0 Å². The Morgan fingerprint density at radius 2 is 1.78 bits per heavy atom. The third-order valence-corrected chi connectivity index (χ3v) is 6.59. The summed E-state index contributed by atoms with van der Waals surface area (Å²) in [5, 5.41) is 13.0. The molecule has 2 heterocycles. The molecule has 2 atom stereocenters. The maximum absolute atomic E-state index is 12.9. The third kappa shape index (κ3) is 4.35. The van der Waals surface area contributed by atoms with Gasteiger partial charge in [0.05, 0.1) is 33.5 Å². The minimum atomic E-state index is -0.492. The Kier molecular flexibility index (Phi) is 6.52. The maximum Gasteiger partial charge on any atom is 0.251 e. The van der Waals surface area contributed by atoms with Crippen molar-refractivity contribution in [3.8, 4) is 39.7 Å². The number of amides is 1. The molecule has 2 aromatic carbocycles. The van der Waals surface area contributed by atoms with Gasteiger partial charge < -0.3 is 29.1 Å². The minimum Gasteiger partial charge on any atom is -0.493 e. The van der Waals surface area contributed by atoms with Crippen molar-refractivity contribution in [2.45, 2.75) is 31.4 Å². The Hall–Kier alpha value is -4.04. The number of hydrogen-bond acceptors (Lipinski definition) is 7. The average Bonchev–Trinajstić information content (AvgIpc) is 3.53. The maximum atomic E-state index is 12.9. The number of hydrogen-bond donors (Lipinski definition) is 2. The Morgan fingerprint density at radius 1 is 1.00 bits per heavy atom. The number of nitrogens with zero attached hydrogens (tertiary/aromatic N) is 1. The number of ether oxygens (including phenoxy) is 3. The van der Waals surface area contributed by atoms with Crippen molar-refractivity contribution >= 4 is 17.0 Å². The first kappa shape index (κ1) is 23.7. The fraction of sp³-hybridized carbons (Fsp3) is 0.286. The van der Waals surface area contributed by atoms with Crippen molar-refractivity contribution in [2.24, 2.45) is 0 Å². The highest BCUT2D eigenvalue weighted by Crippen LogP contribution is 2.42. The lowest BCUT2D eigenvalue weighted by atomic mass is 10.0. The van der Waals surface area contributed by atoms with Gasteiger partial charge in [-0.3, -0.25) is 9.78 Å². The van der Waals surface area contributed by atoms with Crippen LogP contribution in [0.3, 0.4) is 0 Å². The van der Waals surface area contributed by atoms with E-state index in [-0.39, 0.29) is 11.9 Å². The van der Waals surface area contributed by atoms with Crippen molar-refractivity contribution in [1.82, 2.24) is 10.3 Å². The summed E-state index contributed by atoms with van der Waals surface area (Å²) in [6.45, 7) is 0. The number of fused-ring (bicyclic) bond motifs is 1. The lowest BCUT2D eigenvalue weighted by Gasteiger charge is -2.16. The van der Waals surface area contributed by atoms with Crippen LogP contribution in [0.5, 0.6) is 17.2 Å². The first-order chi connectivity index (χ1) is 17.5. The van der Waals surface area contributed by atoms with E-state index in [1.807, 2.05) is 42.5 Å². The van der Waals surface area contributed by atoms with E-state index in [0.717, 1.165) is 29.5 Å². The van der Waals surface area contributed by atoms with Crippen LogP contribution in [0.1, 0.15) is 29.6 Å². The van der Waals surface area contributed by atoms with E-state index in [1.165, 1.54) is 0 Å². The topological polar surface area (TPSA) is 103 Å². The molecule has 4 aromatic rings. The number of aromatic nitrogens is 1. The van der Waals surface area contributed by atoms with Gasteiger partial charge in [-0.1, -0.05) is 12.1 Å². The van der Waals surface area contributed by atoms with Crippen LogP contribution in [0.4, 0.5) is 0 Å². The molecule has 0 bridgehead atoms. The molecule has 0 radical (unpaired) electrons. The molecule has 1 fully saturated rings. The van der Waals surface area contributed by atoms with Crippen molar-refractivity contribution in [2.75, 3.05) is 21.3 Å². The number of rotatable bonds is 7. The summed E-state index contributed by atoms with van der Waals surface area (Å²) < 4.78 is 22.7. The molecule has 0 saturated heterocycles. The van der Waals surface area contributed by atoms with Crippen LogP contribution in [0.2, 0.25) is 0 Å². The summed E-state index contributed by atoms with van der Waals surface area (Å²) in [6.07, 6.45) is 3.64. The number of furan rings is 1. The summed E-state index contributed by atoms with van der Waals surface area (Å²) in [7, 11) is 4.69. The molecule has 1 amide bonds. The molecule has 1 aliphatic carbocycles. The molecule has 1 unspecified atom stereocenters.